The number of hydrogen-bond donors (Lipinski definition) is 2. The van der Waals surface area contributed by atoms with Gasteiger partial charge in [0.2, 0.25) is 5.91 Å². The Balaban J connectivity index is 1.53. The van der Waals surface area contributed by atoms with Gasteiger partial charge in [0.05, 0.1) is 22.2 Å². The van der Waals surface area contributed by atoms with Crippen LogP contribution < -0.4 is 10.6 Å². The number of hydrogen-bond acceptors (Lipinski definition) is 3. The van der Waals surface area contributed by atoms with Gasteiger partial charge in [-0.1, -0.05) is 40.9 Å². The topological polar surface area (TPSA) is 82.0 Å². The Morgan fingerprint density at radius 3 is 2.31 bits per heavy atom. The summed E-state index contributed by atoms with van der Waals surface area (Å²) in [5.41, 5.74) is 0.533. The van der Waals surface area contributed by atoms with Crippen molar-refractivity contribution in [2.24, 2.45) is 5.92 Å². The lowest BCUT2D eigenvalue weighted by Gasteiger charge is -2.11. The van der Waals surface area contributed by atoms with Gasteiger partial charge in [-0.05, 0) is 54.1 Å². The van der Waals surface area contributed by atoms with E-state index in [-0.39, 0.29) is 27.5 Å². The molecule has 1 saturated carbocycles. The third kappa shape index (κ3) is 5.20. The van der Waals surface area contributed by atoms with Gasteiger partial charge in [-0.15, -0.1) is 23.2 Å². The lowest BCUT2D eigenvalue weighted by Crippen LogP contribution is -2.18. The zero-order valence-corrected chi connectivity index (χ0v) is 21.2. The first-order valence-corrected chi connectivity index (χ1v) is 11.9. The number of benzene rings is 3. The monoisotopic (exact) mass is 569 g/mol. The van der Waals surface area contributed by atoms with E-state index in [9.17, 15) is 14.0 Å². The summed E-state index contributed by atoms with van der Waals surface area (Å²) in [5.74, 6) is -3.31. The van der Waals surface area contributed by atoms with E-state index < -0.39 is 33.8 Å². The number of carbonyl (C=O) groups is 2. The molecule has 3 aromatic rings. The zero-order valence-electron chi connectivity index (χ0n) is 17.4. The van der Waals surface area contributed by atoms with Crippen molar-refractivity contribution in [1.82, 2.24) is 0 Å². The number of halogens is 6. The van der Waals surface area contributed by atoms with E-state index in [2.05, 4.69) is 10.6 Å². The molecule has 0 unspecified atom stereocenters. The van der Waals surface area contributed by atoms with Crippen LogP contribution in [0.3, 0.4) is 0 Å². The highest BCUT2D eigenvalue weighted by molar-refractivity contribution is 6.53. The van der Waals surface area contributed by atoms with Crippen molar-refractivity contribution >= 4 is 81.2 Å². The van der Waals surface area contributed by atoms with Crippen LogP contribution in [0.4, 0.5) is 15.8 Å². The van der Waals surface area contributed by atoms with Gasteiger partial charge in [0, 0.05) is 21.7 Å². The van der Waals surface area contributed by atoms with Gasteiger partial charge in [0.1, 0.15) is 21.8 Å². The highest BCUT2D eigenvalue weighted by Crippen LogP contribution is 2.65. The number of carbonyl (C=O) groups excluding carboxylic acids is 2. The number of nitrogens with one attached hydrogen (secondary N) is 2. The van der Waals surface area contributed by atoms with Gasteiger partial charge < -0.3 is 10.6 Å². The predicted octanol–water partition coefficient (Wildman–Crippen LogP) is 7.44. The maximum absolute atomic E-state index is 13.8. The van der Waals surface area contributed by atoms with Crippen LogP contribution in [0, 0.1) is 23.1 Å². The SMILES string of the molecule is N#Cc1c(F)cccc1NC(=O)c1cc(NC(=O)[C@H]2[C@H](c3cc(Cl)cc(Cl)c3)C2(Cl)Cl)ccc1Cl. The molecule has 35 heavy (non-hydrogen) atoms. The molecule has 4 rings (SSSR count). The van der Waals surface area contributed by atoms with E-state index in [0.29, 0.717) is 15.6 Å². The van der Waals surface area contributed by atoms with Gasteiger partial charge in [-0.2, -0.15) is 5.26 Å². The third-order valence-electron chi connectivity index (χ3n) is 5.43. The molecule has 0 radical (unpaired) electrons. The molecule has 0 aliphatic heterocycles. The maximum Gasteiger partial charge on any atom is 0.257 e. The molecule has 1 aliphatic rings. The first kappa shape index (κ1) is 25.6. The zero-order chi connectivity index (χ0) is 25.5. The fraction of sp³-hybridized carbons (Fsp3) is 0.125. The number of nitriles is 1. The van der Waals surface area contributed by atoms with Crippen molar-refractivity contribution in [2.45, 2.75) is 10.3 Å². The lowest BCUT2D eigenvalue weighted by atomic mass is 10.1. The molecule has 11 heteroatoms. The third-order valence-corrected chi connectivity index (χ3v) is 7.14. The van der Waals surface area contributed by atoms with Gasteiger partial charge in [-0.25, -0.2) is 4.39 Å². The summed E-state index contributed by atoms with van der Waals surface area (Å²) in [6.45, 7) is 0. The van der Waals surface area contributed by atoms with Crippen LogP contribution in [0.15, 0.2) is 54.6 Å². The molecule has 1 fully saturated rings. The summed E-state index contributed by atoms with van der Waals surface area (Å²) in [5, 5.41) is 15.2. The molecular formula is C24H13Cl5FN3O2. The summed E-state index contributed by atoms with van der Waals surface area (Å²) >= 11 is 31.1. The number of alkyl halides is 2. The summed E-state index contributed by atoms with van der Waals surface area (Å²) < 4.78 is 12.5. The molecule has 0 spiro atoms. The fourth-order valence-electron chi connectivity index (χ4n) is 3.75. The Hall–Kier alpha value is -2.53. The van der Waals surface area contributed by atoms with Crippen molar-refractivity contribution in [1.29, 1.82) is 5.26 Å². The summed E-state index contributed by atoms with van der Waals surface area (Å²) in [6, 6.07) is 14.6. The molecule has 2 N–H and O–H groups in total. The molecule has 0 heterocycles. The Kier molecular flexibility index (Phi) is 7.19. The summed E-state index contributed by atoms with van der Waals surface area (Å²) in [6.07, 6.45) is 0. The van der Waals surface area contributed by atoms with Gasteiger partial charge >= 0.3 is 0 Å². The molecule has 2 atom stereocenters. The van der Waals surface area contributed by atoms with Crippen molar-refractivity contribution in [3.8, 4) is 6.07 Å². The average Bonchev–Trinajstić information content (AvgIpc) is 3.36. The number of anilines is 2. The highest BCUT2D eigenvalue weighted by Gasteiger charge is 2.67. The molecule has 1 aliphatic carbocycles. The molecule has 0 aromatic heterocycles. The Morgan fingerprint density at radius 1 is 0.971 bits per heavy atom. The molecule has 0 saturated heterocycles. The van der Waals surface area contributed by atoms with Crippen LogP contribution in [0.5, 0.6) is 0 Å². The molecular weight excluding hydrogens is 559 g/mol. The minimum absolute atomic E-state index is 0.00500. The number of nitrogens with zero attached hydrogens (tertiary/aromatic N) is 1. The van der Waals surface area contributed by atoms with Crippen molar-refractivity contribution < 1.29 is 14.0 Å². The molecule has 0 bridgehead atoms. The maximum atomic E-state index is 13.8. The smallest absolute Gasteiger partial charge is 0.257 e. The van der Waals surface area contributed by atoms with Crippen molar-refractivity contribution in [3.05, 3.63) is 92.2 Å². The Bertz CT molecular complexity index is 1390. The molecule has 2 amide bonds. The Morgan fingerprint density at radius 2 is 1.66 bits per heavy atom. The normalized spacial score (nSPS) is 17.9. The molecule has 178 valence electrons. The van der Waals surface area contributed by atoms with Gasteiger partial charge in [0.15, 0.2) is 0 Å². The minimum atomic E-state index is -1.38. The van der Waals surface area contributed by atoms with Gasteiger partial charge in [-0.3, -0.25) is 9.59 Å². The van der Waals surface area contributed by atoms with Gasteiger partial charge in [0.25, 0.3) is 5.91 Å². The summed E-state index contributed by atoms with van der Waals surface area (Å²) in [7, 11) is 0. The second kappa shape index (κ2) is 9.85. The van der Waals surface area contributed by atoms with Crippen LogP contribution in [0.1, 0.15) is 27.4 Å². The quantitative estimate of drug-likeness (QED) is 0.313. The Labute approximate surface area is 224 Å². The van der Waals surface area contributed by atoms with Crippen LogP contribution in [0.2, 0.25) is 15.1 Å². The summed E-state index contributed by atoms with van der Waals surface area (Å²) in [4.78, 5) is 25.8. The van der Waals surface area contributed by atoms with E-state index in [1.165, 1.54) is 30.3 Å². The lowest BCUT2D eigenvalue weighted by molar-refractivity contribution is -0.117. The van der Waals surface area contributed by atoms with E-state index in [0.717, 1.165) is 6.07 Å². The van der Waals surface area contributed by atoms with Crippen molar-refractivity contribution in [3.63, 3.8) is 0 Å². The fourth-order valence-corrected chi connectivity index (χ4v) is 5.33. The van der Waals surface area contributed by atoms with Crippen LogP contribution in [-0.2, 0) is 4.79 Å². The first-order chi connectivity index (χ1) is 16.5. The highest BCUT2D eigenvalue weighted by atomic mass is 35.5. The standard InChI is InChI=1S/C24H13Cl5FN3O2/c25-12-6-11(7-13(26)8-12)20-21(24(20,28)29)23(35)32-14-4-5-17(27)15(9-14)22(34)33-19-3-1-2-18(30)16(19)10-31/h1-9,20-21H,(H,32,35)(H,33,34)/t20-,21+/m0/s1. The van der Waals surface area contributed by atoms with E-state index in [4.69, 9.17) is 63.3 Å². The molecule has 5 nitrogen and oxygen atoms in total. The average molecular weight is 572 g/mol. The van der Waals surface area contributed by atoms with Crippen LogP contribution in [0.25, 0.3) is 0 Å². The second-order valence-corrected chi connectivity index (χ2v) is 10.5. The number of rotatable bonds is 5. The number of amides is 2. The van der Waals surface area contributed by atoms with Crippen molar-refractivity contribution in [2.75, 3.05) is 10.6 Å². The van der Waals surface area contributed by atoms with E-state index in [1.807, 2.05) is 0 Å². The van der Waals surface area contributed by atoms with Crippen LogP contribution in [-0.4, -0.2) is 16.1 Å². The molecule has 3 aromatic carbocycles. The largest absolute Gasteiger partial charge is 0.326 e. The van der Waals surface area contributed by atoms with E-state index in [1.54, 1.807) is 24.3 Å². The minimum Gasteiger partial charge on any atom is -0.326 e. The second-order valence-electron chi connectivity index (χ2n) is 7.74. The van der Waals surface area contributed by atoms with E-state index >= 15 is 0 Å². The predicted molar refractivity (Wildman–Crippen MR) is 136 cm³/mol. The van der Waals surface area contributed by atoms with Crippen LogP contribution >= 0.6 is 58.0 Å². The first-order valence-electron chi connectivity index (χ1n) is 9.97.